The Morgan fingerprint density at radius 3 is 2.44 bits per heavy atom. The van der Waals surface area contributed by atoms with Crippen LogP contribution in [0.2, 0.25) is 0 Å². The first-order chi connectivity index (χ1) is 8.66. The molecule has 0 aliphatic heterocycles. The molecule has 2 aromatic heterocycles. The molecule has 0 amide bonds. The van der Waals surface area contributed by atoms with Gasteiger partial charge in [0.2, 0.25) is 0 Å². The van der Waals surface area contributed by atoms with Gasteiger partial charge in [0, 0.05) is 10.0 Å². The van der Waals surface area contributed by atoms with E-state index in [1.54, 1.807) is 4.52 Å². The lowest BCUT2D eigenvalue weighted by Gasteiger charge is -2.08. The zero-order chi connectivity index (χ0) is 12.7. The molecule has 0 atom stereocenters. The number of rotatable bonds is 1. The number of nitrogens with zero attached hydrogens (tertiary/aromatic N) is 4. The van der Waals surface area contributed by atoms with Gasteiger partial charge in [-0.1, -0.05) is 28.1 Å². The third-order valence-corrected chi connectivity index (χ3v) is 4.29. The number of aromatic nitrogens is 4. The second-order valence-electron chi connectivity index (χ2n) is 3.55. The van der Waals surface area contributed by atoms with Gasteiger partial charge < -0.3 is 0 Å². The molecule has 3 aromatic rings. The summed E-state index contributed by atoms with van der Waals surface area (Å²) in [6, 6.07) is 8.00. The summed E-state index contributed by atoms with van der Waals surface area (Å²) in [5.41, 5.74) is 1.99. The topological polar surface area (TPSA) is 43.1 Å². The van der Waals surface area contributed by atoms with Gasteiger partial charge in [0.05, 0.1) is 0 Å². The molecule has 0 N–H and O–H groups in total. The average Bonchev–Trinajstić information content (AvgIpc) is 2.80. The minimum absolute atomic E-state index is 0.551. The SMILES string of the molecule is Brc1ccc(-c2c(Br)nc3ncnn3c2Br)cc1. The number of fused-ring (bicyclic) bond motifs is 1. The summed E-state index contributed by atoms with van der Waals surface area (Å²) in [7, 11) is 0. The van der Waals surface area contributed by atoms with Gasteiger partial charge in [0.15, 0.2) is 0 Å². The molecular weight excluding hydrogens is 428 g/mol. The van der Waals surface area contributed by atoms with Crippen LogP contribution in [0.4, 0.5) is 0 Å². The molecular formula is C11H5Br3N4. The summed E-state index contributed by atoms with van der Waals surface area (Å²) in [6.45, 7) is 0. The van der Waals surface area contributed by atoms with Gasteiger partial charge in [0.25, 0.3) is 5.78 Å². The molecule has 0 saturated heterocycles. The molecule has 7 heteroatoms. The van der Waals surface area contributed by atoms with Gasteiger partial charge in [-0.05, 0) is 49.6 Å². The molecule has 90 valence electrons. The fraction of sp³-hybridized carbons (Fsp3) is 0. The Kier molecular flexibility index (Phi) is 3.21. The van der Waals surface area contributed by atoms with Crippen molar-refractivity contribution < 1.29 is 0 Å². The van der Waals surface area contributed by atoms with E-state index in [9.17, 15) is 0 Å². The zero-order valence-electron chi connectivity index (χ0n) is 8.81. The molecule has 0 aliphatic rings. The zero-order valence-corrected chi connectivity index (χ0v) is 13.6. The molecule has 3 rings (SSSR count). The third-order valence-electron chi connectivity index (χ3n) is 2.46. The van der Waals surface area contributed by atoms with Crippen LogP contribution in [0.25, 0.3) is 16.9 Å². The van der Waals surface area contributed by atoms with Gasteiger partial charge in [-0.2, -0.15) is 14.6 Å². The highest BCUT2D eigenvalue weighted by atomic mass is 79.9. The molecule has 0 aliphatic carbocycles. The maximum absolute atomic E-state index is 4.36. The van der Waals surface area contributed by atoms with Crippen molar-refractivity contribution in [1.82, 2.24) is 19.6 Å². The van der Waals surface area contributed by atoms with Crippen molar-refractivity contribution >= 4 is 53.6 Å². The van der Waals surface area contributed by atoms with Crippen LogP contribution in [0.1, 0.15) is 0 Å². The molecule has 0 spiro atoms. The van der Waals surface area contributed by atoms with Crippen molar-refractivity contribution in [2.24, 2.45) is 0 Å². The van der Waals surface area contributed by atoms with Gasteiger partial charge in [-0.15, -0.1) is 0 Å². The van der Waals surface area contributed by atoms with E-state index in [-0.39, 0.29) is 0 Å². The standard InChI is InChI=1S/C11H5Br3N4/c12-7-3-1-6(2-4-7)8-9(13)17-11-15-5-16-18(11)10(8)14/h1-5H. The van der Waals surface area contributed by atoms with Crippen molar-refractivity contribution in [3.05, 3.63) is 44.3 Å². The first-order valence-corrected chi connectivity index (χ1v) is 7.35. The molecule has 0 bridgehead atoms. The molecule has 0 radical (unpaired) electrons. The van der Waals surface area contributed by atoms with Crippen LogP contribution in [0.15, 0.2) is 44.3 Å². The largest absolute Gasteiger partial charge is 0.254 e. The summed E-state index contributed by atoms with van der Waals surface area (Å²) in [6.07, 6.45) is 1.48. The maximum Gasteiger partial charge on any atom is 0.254 e. The third kappa shape index (κ3) is 2.00. The summed E-state index contributed by atoms with van der Waals surface area (Å²) in [4.78, 5) is 8.42. The Bertz CT molecular complexity index is 721. The maximum atomic E-state index is 4.36. The van der Waals surface area contributed by atoms with Crippen molar-refractivity contribution in [2.75, 3.05) is 0 Å². The van der Waals surface area contributed by atoms with Gasteiger partial charge in [-0.3, -0.25) is 0 Å². The molecule has 2 heterocycles. The predicted octanol–water partition coefficient (Wildman–Crippen LogP) is 4.08. The summed E-state index contributed by atoms with van der Waals surface area (Å²) in [5.74, 6) is 0.551. The van der Waals surface area contributed by atoms with E-state index in [1.807, 2.05) is 24.3 Å². The fourth-order valence-corrected chi connectivity index (χ4v) is 3.41. The van der Waals surface area contributed by atoms with Gasteiger partial charge in [0.1, 0.15) is 15.5 Å². The van der Waals surface area contributed by atoms with Crippen LogP contribution < -0.4 is 0 Å². The van der Waals surface area contributed by atoms with Crippen LogP contribution in [-0.2, 0) is 0 Å². The first kappa shape index (κ1) is 12.3. The highest BCUT2D eigenvalue weighted by Crippen LogP contribution is 2.34. The summed E-state index contributed by atoms with van der Waals surface area (Å²) >= 11 is 10.4. The van der Waals surface area contributed by atoms with E-state index in [0.29, 0.717) is 5.78 Å². The van der Waals surface area contributed by atoms with Crippen molar-refractivity contribution in [2.45, 2.75) is 0 Å². The van der Waals surface area contributed by atoms with E-state index in [4.69, 9.17) is 0 Å². The first-order valence-electron chi connectivity index (χ1n) is 4.97. The predicted molar refractivity (Wildman–Crippen MR) is 79.3 cm³/mol. The van der Waals surface area contributed by atoms with Crippen molar-refractivity contribution in [3.8, 4) is 11.1 Å². The van der Waals surface area contributed by atoms with E-state index in [1.165, 1.54) is 6.33 Å². The smallest absolute Gasteiger partial charge is 0.203 e. The highest BCUT2D eigenvalue weighted by Gasteiger charge is 2.14. The minimum atomic E-state index is 0.551. The molecule has 0 fully saturated rings. The number of benzene rings is 1. The Hall–Kier alpha value is -0.790. The number of halogens is 3. The lowest BCUT2D eigenvalue weighted by Crippen LogP contribution is -1.97. The van der Waals surface area contributed by atoms with Crippen LogP contribution in [0.3, 0.4) is 0 Å². The summed E-state index contributed by atoms with van der Waals surface area (Å²) in [5, 5.41) is 4.13. The molecule has 4 nitrogen and oxygen atoms in total. The minimum Gasteiger partial charge on any atom is -0.203 e. The molecule has 1 aromatic carbocycles. The fourth-order valence-electron chi connectivity index (χ4n) is 1.64. The molecule has 0 unspecified atom stereocenters. The second kappa shape index (κ2) is 4.71. The van der Waals surface area contributed by atoms with Crippen LogP contribution in [0.5, 0.6) is 0 Å². The van der Waals surface area contributed by atoms with E-state index in [2.05, 4.69) is 62.9 Å². The van der Waals surface area contributed by atoms with Crippen LogP contribution in [-0.4, -0.2) is 19.6 Å². The van der Waals surface area contributed by atoms with Crippen LogP contribution in [0, 0.1) is 0 Å². The normalized spacial score (nSPS) is 11.1. The van der Waals surface area contributed by atoms with Crippen LogP contribution >= 0.6 is 47.8 Å². The molecule has 18 heavy (non-hydrogen) atoms. The Morgan fingerprint density at radius 2 is 1.72 bits per heavy atom. The lowest BCUT2D eigenvalue weighted by molar-refractivity contribution is 0.911. The van der Waals surface area contributed by atoms with E-state index < -0.39 is 0 Å². The Labute approximate surface area is 128 Å². The number of hydrogen-bond acceptors (Lipinski definition) is 3. The lowest BCUT2D eigenvalue weighted by atomic mass is 10.1. The second-order valence-corrected chi connectivity index (χ2v) is 5.97. The number of hydrogen-bond donors (Lipinski definition) is 0. The van der Waals surface area contributed by atoms with E-state index in [0.717, 1.165) is 24.8 Å². The molecule has 0 saturated carbocycles. The monoisotopic (exact) mass is 430 g/mol. The average molecular weight is 433 g/mol. The Morgan fingerprint density at radius 1 is 1.00 bits per heavy atom. The summed E-state index contributed by atoms with van der Waals surface area (Å²) < 4.78 is 4.24. The van der Waals surface area contributed by atoms with Crippen molar-refractivity contribution in [1.29, 1.82) is 0 Å². The van der Waals surface area contributed by atoms with Gasteiger partial charge >= 0.3 is 0 Å². The highest BCUT2D eigenvalue weighted by molar-refractivity contribution is 9.11. The van der Waals surface area contributed by atoms with E-state index >= 15 is 0 Å². The van der Waals surface area contributed by atoms with Gasteiger partial charge in [-0.25, -0.2) is 4.98 Å². The quantitative estimate of drug-likeness (QED) is 0.544. The Balaban J connectivity index is 2.30. The van der Waals surface area contributed by atoms with Crippen molar-refractivity contribution in [3.63, 3.8) is 0 Å².